The molecule has 0 radical (unpaired) electrons. The number of nitrogens with zero attached hydrogens (tertiary/aromatic N) is 1. The van der Waals surface area contributed by atoms with Crippen LogP contribution in [0.3, 0.4) is 0 Å². The fraction of sp³-hybridized carbons (Fsp3) is 0.389. The van der Waals surface area contributed by atoms with E-state index in [0.717, 1.165) is 32.5 Å². The molecule has 1 atom stereocenters. The van der Waals surface area contributed by atoms with Gasteiger partial charge in [0.15, 0.2) is 5.76 Å². The molecule has 1 N–H and O–H groups in total. The summed E-state index contributed by atoms with van der Waals surface area (Å²) in [6.07, 6.45) is 2.19. The maximum atomic E-state index is 12.6. The van der Waals surface area contributed by atoms with Crippen molar-refractivity contribution in [2.45, 2.75) is 12.8 Å². The summed E-state index contributed by atoms with van der Waals surface area (Å²) in [6.45, 7) is 2.49. The summed E-state index contributed by atoms with van der Waals surface area (Å²) >= 11 is 0. The zero-order chi connectivity index (χ0) is 16.1. The highest BCUT2D eigenvalue weighted by atomic mass is 16.6. The number of piperidine rings is 1. The molecule has 2 aromatic rings. The van der Waals surface area contributed by atoms with Crippen molar-refractivity contribution in [1.29, 1.82) is 0 Å². The number of carbonyl (C=O) groups is 1. The smallest absolute Gasteiger partial charge is 0.290 e. The van der Waals surface area contributed by atoms with E-state index in [1.165, 1.54) is 0 Å². The second kappa shape index (κ2) is 7.33. The SMILES string of the molecule is CNCC1CCCN(C(=O)c2ccc(Oc3ccccc3)o2)C1. The minimum absolute atomic E-state index is 0.0614. The van der Waals surface area contributed by atoms with Crippen molar-refractivity contribution in [1.82, 2.24) is 10.2 Å². The Morgan fingerprint density at radius 3 is 2.91 bits per heavy atom. The third kappa shape index (κ3) is 3.93. The van der Waals surface area contributed by atoms with Crippen LogP contribution in [0.25, 0.3) is 0 Å². The molecule has 0 bridgehead atoms. The first kappa shape index (κ1) is 15.6. The van der Waals surface area contributed by atoms with Crippen LogP contribution in [0.15, 0.2) is 46.9 Å². The molecule has 23 heavy (non-hydrogen) atoms. The standard InChI is InChI=1S/C18H22N2O3/c1-19-12-14-6-5-11-20(13-14)18(21)16-9-10-17(23-16)22-15-7-3-2-4-8-15/h2-4,7-10,14,19H,5-6,11-13H2,1H3. The largest absolute Gasteiger partial charge is 0.426 e. The molecule has 5 nitrogen and oxygen atoms in total. The van der Waals surface area contributed by atoms with Crippen molar-refractivity contribution in [2.24, 2.45) is 5.92 Å². The lowest BCUT2D eigenvalue weighted by molar-refractivity contribution is 0.0637. The van der Waals surface area contributed by atoms with E-state index in [4.69, 9.17) is 9.15 Å². The molecular weight excluding hydrogens is 292 g/mol. The Labute approximate surface area is 136 Å². The van der Waals surface area contributed by atoms with Gasteiger partial charge >= 0.3 is 0 Å². The van der Waals surface area contributed by atoms with Crippen molar-refractivity contribution in [2.75, 3.05) is 26.7 Å². The molecule has 122 valence electrons. The molecule has 0 spiro atoms. The number of ether oxygens (including phenoxy) is 1. The van der Waals surface area contributed by atoms with Gasteiger partial charge in [0, 0.05) is 19.2 Å². The summed E-state index contributed by atoms with van der Waals surface area (Å²) in [4.78, 5) is 14.4. The van der Waals surface area contributed by atoms with Crippen LogP contribution in [0, 0.1) is 5.92 Å². The summed E-state index contributed by atoms with van der Waals surface area (Å²) < 4.78 is 11.2. The van der Waals surface area contributed by atoms with E-state index < -0.39 is 0 Å². The third-order valence-corrected chi connectivity index (χ3v) is 4.05. The normalized spacial score (nSPS) is 18.0. The number of hydrogen-bond acceptors (Lipinski definition) is 4. The number of furan rings is 1. The van der Waals surface area contributed by atoms with Crippen LogP contribution in [-0.4, -0.2) is 37.5 Å². The average molecular weight is 314 g/mol. The summed E-state index contributed by atoms with van der Waals surface area (Å²) in [5, 5.41) is 3.19. The van der Waals surface area contributed by atoms with E-state index in [-0.39, 0.29) is 5.91 Å². The van der Waals surface area contributed by atoms with Crippen molar-refractivity contribution in [3.63, 3.8) is 0 Å². The van der Waals surface area contributed by atoms with E-state index in [9.17, 15) is 4.79 Å². The van der Waals surface area contributed by atoms with E-state index >= 15 is 0 Å². The molecule has 1 saturated heterocycles. The first-order valence-electron chi connectivity index (χ1n) is 8.03. The molecule has 0 saturated carbocycles. The predicted octanol–water partition coefficient (Wildman–Crippen LogP) is 3.14. The number of hydrogen-bond donors (Lipinski definition) is 1. The molecule has 2 heterocycles. The highest BCUT2D eigenvalue weighted by molar-refractivity contribution is 5.91. The lowest BCUT2D eigenvalue weighted by Crippen LogP contribution is -2.42. The number of carbonyl (C=O) groups excluding carboxylic acids is 1. The van der Waals surface area contributed by atoms with Crippen molar-refractivity contribution < 1.29 is 13.9 Å². The fourth-order valence-electron chi connectivity index (χ4n) is 2.96. The molecule has 1 aliphatic heterocycles. The van der Waals surface area contributed by atoms with Gasteiger partial charge in [-0.25, -0.2) is 0 Å². The van der Waals surface area contributed by atoms with Gasteiger partial charge in [-0.05, 0) is 50.6 Å². The van der Waals surface area contributed by atoms with Crippen molar-refractivity contribution >= 4 is 5.91 Å². The quantitative estimate of drug-likeness (QED) is 0.921. The maximum Gasteiger partial charge on any atom is 0.290 e. The Hall–Kier alpha value is -2.27. The average Bonchev–Trinajstić information content (AvgIpc) is 3.04. The van der Waals surface area contributed by atoms with Crippen LogP contribution in [0.5, 0.6) is 11.7 Å². The van der Waals surface area contributed by atoms with Crippen LogP contribution in [0.2, 0.25) is 0 Å². The number of benzene rings is 1. The Morgan fingerprint density at radius 1 is 1.30 bits per heavy atom. The summed E-state index contributed by atoms with van der Waals surface area (Å²) in [7, 11) is 1.94. The van der Waals surface area contributed by atoms with Gasteiger partial charge < -0.3 is 19.4 Å². The number of rotatable bonds is 5. The minimum atomic E-state index is -0.0614. The Kier molecular flexibility index (Phi) is 4.98. The fourth-order valence-corrected chi connectivity index (χ4v) is 2.96. The number of nitrogens with one attached hydrogen (secondary N) is 1. The number of likely N-dealkylation sites (tertiary alicyclic amines) is 1. The zero-order valence-corrected chi connectivity index (χ0v) is 13.3. The van der Waals surface area contributed by atoms with Crippen LogP contribution in [0.4, 0.5) is 0 Å². The van der Waals surface area contributed by atoms with Crippen LogP contribution in [-0.2, 0) is 0 Å². The van der Waals surface area contributed by atoms with E-state index in [1.54, 1.807) is 12.1 Å². The van der Waals surface area contributed by atoms with Gasteiger partial charge in [-0.3, -0.25) is 4.79 Å². The molecule has 0 aliphatic carbocycles. The van der Waals surface area contributed by atoms with Crippen molar-refractivity contribution in [3.8, 4) is 11.7 Å². The second-order valence-electron chi connectivity index (χ2n) is 5.85. The van der Waals surface area contributed by atoms with Gasteiger partial charge in [0.2, 0.25) is 0 Å². The first-order valence-corrected chi connectivity index (χ1v) is 8.03. The van der Waals surface area contributed by atoms with Gasteiger partial charge in [0.1, 0.15) is 5.75 Å². The monoisotopic (exact) mass is 314 g/mol. The van der Waals surface area contributed by atoms with Crippen molar-refractivity contribution in [3.05, 3.63) is 48.2 Å². The lowest BCUT2D eigenvalue weighted by atomic mass is 9.98. The molecular formula is C18H22N2O3. The maximum absolute atomic E-state index is 12.6. The lowest BCUT2D eigenvalue weighted by Gasteiger charge is -2.32. The highest BCUT2D eigenvalue weighted by Gasteiger charge is 2.26. The summed E-state index contributed by atoms with van der Waals surface area (Å²) in [5.41, 5.74) is 0. The Morgan fingerprint density at radius 2 is 2.13 bits per heavy atom. The summed E-state index contributed by atoms with van der Waals surface area (Å²) in [6, 6.07) is 12.8. The van der Waals surface area contributed by atoms with Gasteiger partial charge in [-0.2, -0.15) is 0 Å². The first-order chi connectivity index (χ1) is 11.3. The molecule has 1 unspecified atom stereocenters. The van der Waals surface area contributed by atoms with E-state index in [2.05, 4.69) is 5.32 Å². The van der Waals surface area contributed by atoms with E-state index in [1.807, 2.05) is 42.3 Å². The molecule has 1 aromatic carbocycles. The highest BCUT2D eigenvalue weighted by Crippen LogP contribution is 2.25. The number of para-hydroxylation sites is 1. The van der Waals surface area contributed by atoms with E-state index in [0.29, 0.717) is 23.4 Å². The van der Waals surface area contributed by atoms with Crippen LogP contribution >= 0.6 is 0 Å². The zero-order valence-electron chi connectivity index (χ0n) is 13.3. The Bertz CT molecular complexity index is 637. The molecule has 1 aliphatic rings. The van der Waals surface area contributed by atoms with Gasteiger partial charge in [0.05, 0.1) is 0 Å². The van der Waals surface area contributed by atoms with Gasteiger partial charge in [0.25, 0.3) is 11.9 Å². The molecule has 1 aromatic heterocycles. The third-order valence-electron chi connectivity index (χ3n) is 4.05. The molecule has 5 heteroatoms. The van der Waals surface area contributed by atoms with Gasteiger partial charge in [-0.1, -0.05) is 18.2 Å². The predicted molar refractivity (Wildman–Crippen MR) is 87.8 cm³/mol. The minimum Gasteiger partial charge on any atom is -0.426 e. The Balaban J connectivity index is 1.64. The molecule has 1 amide bonds. The molecule has 3 rings (SSSR count). The topological polar surface area (TPSA) is 54.7 Å². The van der Waals surface area contributed by atoms with Crippen LogP contribution in [0.1, 0.15) is 23.4 Å². The molecule has 1 fully saturated rings. The summed E-state index contributed by atoms with van der Waals surface area (Å²) in [5.74, 6) is 1.80. The second-order valence-corrected chi connectivity index (χ2v) is 5.85. The van der Waals surface area contributed by atoms with Crippen LogP contribution < -0.4 is 10.1 Å². The van der Waals surface area contributed by atoms with Gasteiger partial charge in [-0.15, -0.1) is 0 Å². The number of amides is 1.